The average Bonchev–Trinajstić information content (AvgIpc) is 2.40. The van der Waals surface area contributed by atoms with Crippen LogP contribution in [0.25, 0.3) is 0 Å². The van der Waals surface area contributed by atoms with Crippen molar-refractivity contribution in [1.29, 1.82) is 0 Å². The quantitative estimate of drug-likeness (QED) is 0.709. The van der Waals surface area contributed by atoms with Gasteiger partial charge in [0.1, 0.15) is 0 Å². The molecule has 1 aliphatic heterocycles. The summed E-state index contributed by atoms with van der Waals surface area (Å²) in [6.45, 7) is 13.7. The van der Waals surface area contributed by atoms with E-state index in [-0.39, 0.29) is 5.92 Å². The predicted molar refractivity (Wildman–Crippen MR) is 78.2 cm³/mol. The zero-order valence-corrected chi connectivity index (χ0v) is 13.0. The summed E-state index contributed by atoms with van der Waals surface area (Å²) >= 11 is 0. The molecular weight excluding hydrogens is 240 g/mol. The highest BCUT2D eigenvalue weighted by atomic mass is 16.5. The van der Waals surface area contributed by atoms with Crippen LogP contribution >= 0.6 is 0 Å². The van der Waals surface area contributed by atoms with Crippen molar-refractivity contribution in [2.24, 2.45) is 5.92 Å². The van der Waals surface area contributed by atoms with Crippen LogP contribution in [0.15, 0.2) is 0 Å². The molecule has 1 aliphatic rings. The number of likely N-dealkylation sites (tertiary alicyclic amines) is 1. The fraction of sp³-hybridized carbons (Fsp3) is 0.933. The molecule has 0 saturated carbocycles. The maximum Gasteiger partial charge on any atom is 0.225 e. The lowest BCUT2D eigenvalue weighted by atomic mass is 9.95. The molecule has 0 spiro atoms. The number of nitrogens with zero attached hydrogens (tertiary/aromatic N) is 2. The van der Waals surface area contributed by atoms with Crippen molar-refractivity contribution in [3.63, 3.8) is 0 Å². The monoisotopic (exact) mass is 270 g/mol. The predicted octanol–water partition coefficient (Wildman–Crippen LogP) is 1.99. The smallest absolute Gasteiger partial charge is 0.225 e. The van der Waals surface area contributed by atoms with Gasteiger partial charge in [-0.2, -0.15) is 0 Å². The molecule has 112 valence electrons. The third kappa shape index (κ3) is 5.49. The van der Waals surface area contributed by atoms with Crippen LogP contribution in [0.3, 0.4) is 0 Å². The van der Waals surface area contributed by atoms with Crippen molar-refractivity contribution in [3.8, 4) is 0 Å². The molecule has 1 rings (SSSR count). The Morgan fingerprint density at radius 1 is 1.26 bits per heavy atom. The molecule has 1 heterocycles. The van der Waals surface area contributed by atoms with Gasteiger partial charge in [0.05, 0.1) is 12.7 Å². The lowest BCUT2D eigenvalue weighted by Gasteiger charge is -2.33. The van der Waals surface area contributed by atoms with E-state index in [1.165, 1.54) is 0 Å². The zero-order chi connectivity index (χ0) is 14.3. The molecule has 19 heavy (non-hydrogen) atoms. The molecule has 1 saturated heterocycles. The first-order chi connectivity index (χ1) is 9.08. The standard InChI is InChI=1S/C15H30N2O2/c1-5-17(6-2)15(18)14-7-9-16(10-8-14)11-12-19-13(3)4/h13-14H,5-12H2,1-4H3. The summed E-state index contributed by atoms with van der Waals surface area (Å²) < 4.78 is 5.58. The van der Waals surface area contributed by atoms with Gasteiger partial charge in [0.25, 0.3) is 0 Å². The van der Waals surface area contributed by atoms with E-state index in [1.54, 1.807) is 0 Å². The molecule has 0 aliphatic carbocycles. The second kappa shape index (κ2) is 8.54. The number of amides is 1. The Morgan fingerprint density at radius 3 is 2.32 bits per heavy atom. The summed E-state index contributed by atoms with van der Waals surface area (Å²) in [5.74, 6) is 0.588. The van der Waals surface area contributed by atoms with Gasteiger partial charge in [-0.1, -0.05) is 0 Å². The summed E-state index contributed by atoms with van der Waals surface area (Å²) in [5.41, 5.74) is 0. The zero-order valence-electron chi connectivity index (χ0n) is 13.0. The fourth-order valence-corrected chi connectivity index (χ4v) is 2.61. The Kier molecular flexibility index (Phi) is 7.39. The molecule has 0 unspecified atom stereocenters. The number of ether oxygens (including phenoxy) is 1. The van der Waals surface area contributed by atoms with Gasteiger partial charge in [-0.05, 0) is 53.6 Å². The number of piperidine rings is 1. The molecule has 4 heteroatoms. The van der Waals surface area contributed by atoms with Crippen LogP contribution in [0.4, 0.5) is 0 Å². The van der Waals surface area contributed by atoms with Crippen LogP contribution < -0.4 is 0 Å². The largest absolute Gasteiger partial charge is 0.377 e. The van der Waals surface area contributed by atoms with E-state index in [0.717, 1.165) is 52.2 Å². The summed E-state index contributed by atoms with van der Waals surface area (Å²) in [6, 6.07) is 0. The highest BCUT2D eigenvalue weighted by Crippen LogP contribution is 2.19. The second-order valence-corrected chi connectivity index (χ2v) is 5.55. The molecule has 0 bridgehead atoms. The third-order valence-corrected chi connectivity index (χ3v) is 3.87. The highest BCUT2D eigenvalue weighted by molar-refractivity contribution is 5.78. The molecule has 0 aromatic carbocycles. The van der Waals surface area contributed by atoms with Crippen molar-refractivity contribution in [2.75, 3.05) is 39.3 Å². The summed E-state index contributed by atoms with van der Waals surface area (Å²) in [5, 5.41) is 0. The minimum Gasteiger partial charge on any atom is -0.377 e. The van der Waals surface area contributed by atoms with E-state index in [1.807, 2.05) is 4.90 Å². The van der Waals surface area contributed by atoms with E-state index >= 15 is 0 Å². The molecule has 0 aromatic rings. The van der Waals surface area contributed by atoms with Crippen molar-refractivity contribution < 1.29 is 9.53 Å². The molecule has 1 fully saturated rings. The molecular formula is C15H30N2O2. The van der Waals surface area contributed by atoms with Gasteiger partial charge < -0.3 is 14.5 Å². The van der Waals surface area contributed by atoms with Crippen LogP contribution in [0, 0.1) is 5.92 Å². The van der Waals surface area contributed by atoms with Crippen molar-refractivity contribution in [3.05, 3.63) is 0 Å². The summed E-state index contributed by atoms with van der Waals surface area (Å²) in [7, 11) is 0. The van der Waals surface area contributed by atoms with Crippen molar-refractivity contribution in [2.45, 2.75) is 46.6 Å². The van der Waals surface area contributed by atoms with Gasteiger partial charge in [0.2, 0.25) is 5.91 Å². The SMILES string of the molecule is CCN(CC)C(=O)C1CCN(CCOC(C)C)CC1. The Balaban J connectivity index is 2.26. The second-order valence-electron chi connectivity index (χ2n) is 5.55. The summed E-state index contributed by atoms with van der Waals surface area (Å²) in [6.07, 6.45) is 2.30. The molecule has 0 atom stereocenters. The Hall–Kier alpha value is -0.610. The first kappa shape index (κ1) is 16.4. The average molecular weight is 270 g/mol. The topological polar surface area (TPSA) is 32.8 Å². The number of hydrogen-bond donors (Lipinski definition) is 0. The van der Waals surface area contributed by atoms with Crippen LogP contribution in [-0.2, 0) is 9.53 Å². The summed E-state index contributed by atoms with van der Waals surface area (Å²) in [4.78, 5) is 16.6. The minimum absolute atomic E-state index is 0.238. The van der Waals surface area contributed by atoms with Crippen molar-refractivity contribution in [1.82, 2.24) is 9.80 Å². The number of carbonyl (C=O) groups excluding carboxylic acids is 1. The van der Waals surface area contributed by atoms with Gasteiger partial charge >= 0.3 is 0 Å². The van der Waals surface area contributed by atoms with E-state index in [0.29, 0.717) is 12.0 Å². The van der Waals surface area contributed by atoms with Crippen LogP contribution in [0.5, 0.6) is 0 Å². The van der Waals surface area contributed by atoms with E-state index in [4.69, 9.17) is 4.74 Å². The van der Waals surface area contributed by atoms with Gasteiger partial charge in [0, 0.05) is 25.6 Å². The van der Waals surface area contributed by atoms with Gasteiger partial charge in [-0.25, -0.2) is 0 Å². The van der Waals surface area contributed by atoms with Gasteiger partial charge in [-0.15, -0.1) is 0 Å². The van der Waals surface area contributed by atoms with Crippen LogP contribution in [0.1, 0.15) is 40.5 Å². The van der Waals surface area contributed by atoms with E-state index in [9.17, 15) is 4.79 Å². The maximum atomic E-state index is 12.3. The lowest BCUT2D eigenvalue weighted by molar-refractivity contribution is -0.136. The normalized spacial score (nSPS) is 17.9. The fourth-order valence-electron chi connectivity index (χ4n) is 2.61. The van der Waals surface area contributed by atoms with Crippen LogP contribution in [-0.4, -0.2) is 61.1 Å². The molecule has 0 aromatic heterocycles. The van der Waals surface area contributed by atoms with Crippen LogP contribution in [0.2, 0.25) is 0 Å². The Bertz CT molecular complexity index is 257. The Labute approximate surface area is 118 Å². The number of hydrogen-bond acceptors (Lipinski definition) is 3. The number of carbonyl (C=O) groups is 1. The lowest BCUT2D eigenvalue weighted by Crippen LogP contribution is -2.43. The van der Waals surface area contributed by atoms with Gasteiger partial charge in [0.15, 0.2) is 0 Å². The molecule has 1 amide bonds. The highest BCUT2D eigenvalue weighted by Gasteiger charge is 2.27. The molecule has 4 nitrogen and oxygen atoms in total. The first-order valence-electron chi connectivity index (χ1n) is 7.71. The van der Waals surface area contributed by atoms with E-state index < -0.39 is 0 Å². The van der Waals surface area contributed by atoms with Gasteiger partial charge in [-0.3, -0.25) is 4.79 Å². The third-order valence-electron chi connectivity index (χ3n) is 3.87. The van der Waals surface area contributed by atoms with Crippen molar-refractivity contribution >= 4 is 5.91 Å². The number of rotatable bonds is 7. The Morgan fingerprint density at radius 2 is 1.84 bits per heavy atom. The van der Waals surface area contributed by atoms with E-state index in [2.05, 4.69) is 32.6 Å². The first-order valence-corrected chi connectivity index (χ1v) is 7.71. The minimum atomic E-state index is 0.238. The maximum absolute atomic E-state index is 12.3. The molecule has 0 radical (unpaired) electrons. The molecule has 0 N–H and O–H groups in total.